The number of ether oxygens (including phenoxy) is 1. The number of carbonyl (C=O) groups is 1. The molecule has 1 atom stereocenters. The fourth-order valence-electron chi connectivity index (χ4n) is 3.25. The summed E-state index contributed by atoms with van der Waals surface area (Å²) in [5, 5.41) is 12.5. The number of halogens is 1. The molecule has 4 rings (SSSR count). The van der Waals surface area contributed by atoms with Crippen molar-refractivity contribution < 1.29 is 23.2 Å². The van der Waals surface area contributed by atoms with Crippen molar-refractivity contribution in [3.05, 3.63) is 65.8 Å². The Kier molecular flexibility index (Phi) is 5.89. The lowest BCUT2D eigenvalue weighted by Gasteiger charge is -2.20. The predicted molar refractivity (Wildman–Crippen MR) is 105 cm³/mol. The Morgan fingerprint density at radius 3 is 2.90 bits per heavy atom. The molecule has 1 fully saturated rings. The maximum absolute atomic E-state index is 13.0. The minimum absolute atomic E-state index is 0.234. The number of hydroxylamine groups is 2. The maximum Gasteiger partial charge on any atom is 0.426 e. The molecule has 1 aromatic heterocycles. The second kappa shape index (κ2) is 8.91. The highest BCUT2D eigenvalue weighted by molar-refractivity contribution is 5.66. The lowest BCUT2D eigenvalue weighted by Crippen LogP contribution is -2.33. The van der Waals surface area contributed by atoms with E-state index in [0.717, 1.165) is 24.0 Å². The Bertz CT molecular complexity index is 1010. The van der Waals surface area contributed by atoms with Gasteiger partial charge in [0.2, 0.25) is 11.8 Å². The van der Waals surface area contributed by atoms with E-state index in [4.69, 9.17) is 14.0 Å². The van der Waals surface area contributed by atoms with Gasteiger partial charge in [0, 0.05) is 18.7 Å². The smallest absolute Gasteiger partial charge is 0.426 e. The number of benzene rings is 2. The van der Waals surface area contributed by atoms with Gasteiger partial charge in [-0.15, -0.1) is 15.3 Å². The Morgan fingerprint density at radius 2 is 2.10 bits per heavy atom. The Morgan fingerprint density at radius 1 is 1.27 bits per heavy atom. The molecule has 2 heterocycles. The monoisotopic (exact) mass is 412 g/mol. The summed E-state index contributed by atoms with van der Waals surface area (Å²) in [6, 6.07) is 12.9. The molecule has 1 amide bonds. The van der Waals surface area contributed by atoms with Crippen molar-refractivity contribution in [2.45, 2.75) is 25.4 Å². The van der Waals surface area contributed by atoms with Gasteiger partial charge >= 0.3 is 6.09 Å². The molecule has 0 bridgehead atoms. The van der Waals surface area contributed by atoms with Crippen LogP contribution in [-0.4, -0.2) is 35.0 Å². The standard InChI is InChI=1S/C21H21FN4O4/c1-28-17-5-2-4-15(12-17)19-24-25-20(29-19)18-6-3-11-26(18)30-21(27)23-13-14-7-9-16(22)10-8-14/h2,4-5,7-10,12,18H,3,6,11,13H2,1H3,(H,23,27). The fraction of sp³-hybridized carbons (Fsp3) is 0.286. The number of nitrogens with one attached hydrogen (secondary N) is 1. The van der Waals surface area contributed by atoms with Crippen molar-refractivity contribution in [1.29, 1.82) is 0 Å². The average molecular weight is 412 g/mol. The molecule has 1 aliphatic rings. The largest absolute Gasteiger partial charge is 0.497 e. The van der Waals surface area contributed by atoms with Crippen molar-refractivity contribution in [2.75, 3.05) is 13.7 Å². The molecule has 2 aromatic carbocycles. The van der Waals surface area contributed by atoms with Crippen molar-refractivity contribution in [3.8, 4) is 17.2 Å². The molecule has 1 unspecified atom stereocenters. The molecule has 30 heavy (non-hydrogen) atoms. The highest BCUT2D eigenvalue weighted by atomic mass is 19.1. The van der Waals surface area contributed by atoms with E-state index in [1.54, 1.807) is 24.3 Å². The van der Waals surface area contributed by atoms with Crippen LogP contribution < -0.4 is 10.1 Å². The number of aromatic nitrogens is 2. The van der Waals surface area contributed by atoms with Gasteiger partial charge in [0.15, 0.2) is 0 Å². The van der Waals surface area contributed by atoms with E-state index in [2.05, 4.69) is 15.5 Å². The summed E-state index contributed by atoms with van der Waals surface area (Å²) < 4.78 is 24.0. The first-order valence-electron chi connectivity index (χ1n) is 9.57. The van der Waals surface area contributed by atoms with Crippen molar-refractivity contribution in [3.63, 3.8) is 0 Å². The minimum atomic E-state index is -0.598. The topological polar surface area (TPSA) is 89.7 Å². The maximum atomic E-state index is 13.0. The number of hydrogen-bond donors (Lipinski definition) is 1. The number of amides is 1. The molecule has 1 aliphatic heterocycles. The van der Waals surface area contributed by atoms with Crippen LogP contribution in [0.3, 0.4) is 0 Å². The predicted octanol–water partition coefficient (Wildman–Crippen LogP) is 3.86. The first-order chi connectivity index (χ1) is 14.6. The fourth-order valence-corrected chi connectivity index (χ4v) is 3.25. The number of carbonyl (C=O) groups excluding carboxylic acids is 1. The molecule has 9 heteroatoms. The van der Waals surface area contributed by atoms with Gasteiger partial charge in [-0.3, -0.25) is 0 Å². The van der Waals surface area contributed by atoms with E-state index in [-0.39, 0.29) is 18.4 Å². The van der Waals surface area contributed by atoms with Crippen LogP contribution in [0, 0.1) is 5.82 Å². The van der Waals surface area contributed by atoms with Gasteiger partial charge in [-0.25, -0.2) is 9.18 Å². The van der Waals surface area contributed by atoms with Gasteiger partial charge < -0.3 is 19.3 Å². The molecule has 156 valence electrons. The molecular weight excluding hydrogens is 391 g/mol. The number of rotatable bonds is 6. The summed E-state index contributed by atoms with van der Waals surface area (Å²) in [7, 11) is 1.59. The number of methoxy groups -OCH3 is 1. The summed E-state index contributed by atoms with van der Waals surface area (Å²) in [6.07, 6.45) is 0.955. The zero-order valence-corrected chi connectivity index (χ0v) is 16.4. The molecule has 0 radical (unpaired) electrons. The zero-order valence-electron chi connectivity index (χ0n) is 16.4. The van der Waals surface area contributed by atoms with E-state index in [1.807, 2.05) is 24.3 Å². The molecule has 0 spiro atoms. The summed E-state index contributed by atoms with van der Waals surface area (Å²) in [5.74, 6) is 1.12. The van der Waals surface area contributed by atoms with E-state index >= 15 is 0 Å². The van der Waals surface area contributed by atoms with Crippen LogP contribution in [0.15, 0.2) is 52.9 Å². The zero-order chi connectivity index (χ0) is 20.9. The Labute approximate surface area is 172 Å². The van der Waals surface area contributed by atoms with Crippen LogP contribution in [0.1, 0.15) is 30.3 Å². The van der Waals surface area contributed by atoms with Crippen LogP contribution in [0.2, 0.25) is 0 Å². The SMILES string of the molecule is COc1cccc(-c2nnc(C3CCCN3OC(=O)NCc3ccc(F)cc3)o2)c1. The molecule has 1 saturated heterocycles. The molecule has 0 aliphatic carbocycles. The second-order valence-corrected chi connectivity index (χ2v) is 6.83. The van der Waals surface area contributed by atoms with Crippen LogP contribution in [0.25, 0.3) is 11.5 Å². The van der Waals surface area contributed by atoms with E-state index < -0.39 is 6.09 Å². The quantitative estimate of drug-likeness (QED) is 0.657. The highest BCUT2D eigenvalue weighted by Crippen LogP contribution is 2.33. The van der Waals surface area contributed by atoms with Gasteiger partial charge in [0.05, 0.1) is 7.11 Å². The lowest BCUT2D eigenvalue weighted by molar-refractivity contribution is -0.117. The third-order valence-corrected chi connectivity index (χ3v) is 4.80. The third kappa shape index (κ3) is 4.57. The van der Waals surface area contributed by atoms with Gasteiger partial charge in [0.1, 0.15) is 17.6 Å². The summed E-state index contributed by atoms with van der Waals surface area (Å²) in [5.41, 5.74) is 1.52. The molecule has 8 nitrogen and oxygen atoms in total. The van der Waals surface area contributed by atoms with Crippen LogP contribution in [0.4, 0.5) is 9.18 Å². The van der Waals surface area contributed by atoms with Crippen LogP contribution in [0.5, 0.6) is 5.75 Å². The minimum Gasteiger partial charge on any atom is -0.497 e. The summed E-state index contributed by atoms with van der Waals surface area (Å²) in [4.78, 5) is 17.6. The Balaban J connectivity index is 1.38. The van der Waals surface area contributed by atoms with Gasteiger partial charge in [-0.05, 0) is 48.7 Å². The van der Waals surface area contributed by atoms with E-state index in [9.17, 15) is 9.18 Å². The first kappa shape index (κ1) is 19.8. The highest BCUT2D eigenvalue weighted by Gasteiger charge is 2.33. The van der Waals surface area contributed by atoms with Gasteiger partial charge in [-0.1, -0.05) is 18.2 Å². The number of nitrogens with zero attached hydrogens (tertiary/aromatic N) is 3. The normalized spacial score (nSPS) is 16.4. The van der Waals surface area contributed by atoms with Gasteiger partial charge in [0.25, 0.3) is 0 Å². The Hall–Kier alpha value is -3.46. The second-order valence-electron chi connectivity index (χ2n) is 6.83. The van der Waals surface area contributed by atoms with Crippen molar-refractivity contribution >= 4 is 6.09 Å². The van der Waals surface area contributed by atoms with E-state index in [1.165, 1.54) is 12.1 Å². The molecular formula is C21H21FN4O4. The van der Waals surface area contributed by atoms with Gasteiger partial charge in [-0.2, -0.15) is 0 Å². The van der Waals surface area contributed by atoms with Crippen LogP contribution >= 0.6 is 0 Å². The summed E-state index contributed by atoms with van der Waals surface area (Å²) in [6.45, 7) is 0.795. The molecule has 1 N–H and O–H groups in total. The first-order valence-corrected chi connectivity index (χ1v) is 9.57. The van der Waals surface area contributed by atoms with E-state index in [0.29, 0.717) is 24.1 Å². The lowest BCUT2D eigenvalue weighted by atomic mass is 10.2. The molecule has 0 saturated carbocycles. The van der Waals surface area contributed by atoms with Crippen molar-refractivity contribution in [2.24, 2.45) is 0 Å². The number of hydrogen-bond acceptors (Lipinski definition) is 7. The third-order valence-electron chi connectivity index (χ3n) is 4.80. The van der Waals surface area contributed by atoms with Crippen LogP contribution in [-0.2, 0) is 11.4 Å². The van der Waals surface area contributed by atoms with Crippen molar-refractivity contribution in [1.82, 2.24) is 20.6 Å². The average Bonchev–Trinajstić information content (AvgIpc) is 3.43. The summed E-state index contributed by atoms with van der Waals surface area (Å²) >= 11 is 0. The molecule has 3 aromatic rings.